The van der Waals surface area contributed by atoms with Gasteiger partial charge in [-0.1, -0.05) is 11.6 Å². The number of rotatable bonds is 5. The lowest BCUT2D eigenvalue weighted by Crippen LogP contribution is -2.31. The van der Waals surface area contributed by atoms with Crippen LogP contribution in [0.4, 0.5) is 24.7 Å². The van der Waals surface area contributed by atoms with Crippen molar-refractivity contribution in [3.05, 3.63) is 46.9 Å². The molecule has 2 rings (SSSR count). The third-order valence-electron chi connectivity index (χ3n) is 3.49. The van der Waals surface area contributed by atoms with Gasteiger partial charge < -0.3 is 10.2 Å². The summed E-state index contributed by atoms with van der Waals surface area (Å²) in [5.74, 6) is -0.114. The maximum absolute atomic E-state index is 12.8. The number of amides is 1. The van der Waals surface area contributed by atoms with Crippen molar-refractivity contribution in [3.63, 3.8) is 0 Å². The number of hydrogen-bond acceptors (Lipinski definition) is 4. The highest BCUT2D eigenvalue weighted by molar-refractivity contribution is 6.33. The predicted octanol–water partition coefficient (Wildman–Crippen LogP) is 4.37. The zero-order valence-electron chi connectivity index (χ0n) is 13.6. The van der Waals surface area contributed by atoms with Crippen LogP contribution in [0.1, 0.15) is 29.9 Å². The number of anilines is 2. The Kier molecular flexibility index (Phi) is 5.84. The SMILES string of the molecule is CCN(CC)C(=O)c1cc(Nc2cc(C(F)(F)F)ccc2Cl)ncn1. The molecule has 1 aromatic heterocycles. The van der Waals surface area contributed by atoms with Crippen molar-refractivity contribution in [2.24, 2.45) is 0 Å². The highest BCUT2D eigenvalue weighted by atomic mass is 35.5. The van der Waals surface area contributed by atoms with Crippen LogP contribution in [-0.2, 0) is 6.18 Å². The van der Waals surface area contributed by atoms with Crippen molar-refractivity contribution in [1.29, 1.82) is 0 Å². The second-order valence-corrected chi connectivity index (χ2v) is 5.49. The van der Waals surface area contributed by atoms with Gasteiger partial charge in [-0.3, -0.25) is 4.79 Å². The van der Waals surface area contributed by atoms with Crippen LogP contribution in [0.25, 0.3) is 0 Å². The van der Waals surface area contributed by atoms with Crippen LogP contribution in [0, 0.1) is 0 Å². The first-order chi connectivity index (χ1) is 11.8. The highest BCUT2D eigenvalue weighted by Gasteiger charge is 2.31. The second kappa shape index (κ2) is 7.69. The van der Waals surface area contributed by atoms with E-state index >= 15 is 0 Å². The number of aromatic nitrogens is 2. The van der Waals surface area contributed by atoms with E-state index in [1.165, 1.54) is 12.4 Å². The average molecular weight is 373 g/mol. The Balaban J connectivity index is 2.30. The molecule has 1 heterocycles. The molecule has 0 fully saturated rings. The molecule has 134 valence electrons. The first-order valence-corrected chi connectivity index (χ1v) is 7.89. The molecule has 0 spiro atoms. The molecular weight excluding hydrogens is 357 g/mol. The maximum atomic E-state index is 12.8. The minimum absolute atomic E-state index is 0.0384. The van der Waals surface area contributed by atoms with Crippen LogP contribution in [0.2, 0.25) is 5.02 Å². The van der Waals surface area contributed by atoms with Gasteiger partial charge in [0.1, 0.15) is 17.8 Å². The minimum Gasteiger partial charge on any atom is -0.339 e. The zero-order valence-corrected chi connectivity index (χ0v) is 14.3. The summed E-state index contributed by atoms with van der Waals surface area (Å²) in [6.07, 6.45) is -3.32. The smallest absolute Gasteiger partial charge is 0.339 e. The summed E-state index contributed by atoms with van der Waals surface area (Å²) in [6.45, 7) is 4.71. The van der Waals surface area contributed by atoms with Crippen LogP contribution in [0.5, 0.6) is 0 Å². The van der Waals surface area contributed by atoms with Gasteiger partial charge in [-0.15, -0.1) is 0 Å². The van der Waals surface area contributed by atoms with Crippen molar-refractivity contribution in [3.8, 4) is 0 Å². The van der Waals surface area contributed by atoms with E-state index in [4.69, 9.17) is 11.6 Å². The van der Waals surface area contributed by atoms with E-state index in [1.807, 2.05) is 13.8 Å². The van der Waals surface area contributed by atoms with E-state index in [2.05, 4.69) is 15.3 Å². The maximum Gasteiger partial charge on any atom is 0.416 e. The molecule has 0 atom stereocenters. The van der Waals surface area contributed by atoms with Gasteiger partial charge in [-0.2, -0.15) is 13.2 Å². The number of halogens is 4. The number of alkyl halides is 3. The Morgan fingerprint density at radius 2 is 1.88 bits per heavy atom. The zero-order chi connectivity index (χ0) is 18.6. The summed E-state index contributed by atoms with van der Waals surface area (Å²) >= 11 is 5.95. The third kappa shape index (κ3) is 4.60. The Bertz CT molecular complexity index is 763. The molecule has 0 aliphatic rings. The van der Waals surface area contributed by atoms with Crippen LogP contribution in [0.15, 0.2) is 30.6 Å². The van der Waals surface area contributed by atoms with Gasteiger partial charge in [0.2, 0.25) is 0 Å². The second-order valence-electron chi connectivity index (χ2n) is 5.08. The van der Waals surface area contributed by atoms with Crippen LogP contribution in [-0.4, -0.2) is 33.9 Å². The number of carbonyl (C=O) groups excluding carboxylic acids is 1. The van der Waals surface area contributed by atoms with E-state index in [0.29, 0.717) is 13.1 Å². The number of nitrogens with one attached hydrogen (secondary N) is 1. The molecule has 0 unspecified atom stereocenters. The van der Waals surface area contributed by atoms with E-state index in [1.54, 1.807) is 4.90 Å². The molecule has 1 N–H and O–H groups in total. The molecule has 1 aromatic carbocycles. The summed E-state index contributed by atoms with van der Waals surface area (Å²) in [4.78, 5) is 21.7. The molecule has 5 nitrogen and oxygen atoms in total. The normalized spacial score (nSPS) is 11.3. The topological polar surface area (TPSA) is 58.1 Å². The van der Waals surface area contributed by atoms with Crippen molar-refractivity contribution in [2.75, 3.05) is 18.4 Å². The van der Waals surface area contributed by atoms with Crippen LogP contribution < -0.4 is 5.32 Å². The molecule has 1 amide bonds. The van der Waals surface area contributed by atoms with Gasteiger partial charge in [0.15, 0.2) is 0 Å². The standard InChI is InChI=1S/C16H16ClF3N4O/c1-3-24(4-2)15(25)13-8-14(22-9-21-13)23-12-7-10(16(18,19)20)5-6-11(12)17/h5-9H,3-4H2,1-2H3,(H,21,22,23). The first kappa shape index (κ1) is 19.0. The van der Waals surface area contributed by atoms with Crippen molar-refractivity contribution >= 4 is 29.0 Å². The van der Waals surface area contributed by atoms with Gasteiger partial charge in [-0.25, -0.2) is 9.97 Å². The van der Waals surface area contributed by atoms with Crippen molar-refractivity contribution in [2.45, 2.75) is 20.0 Å². The lowest BCUT2D eigenvalue weighted by atomic mass is 10.2. The van der Waals surface area contributed by atoms with Gasteiger partial charge in [0.25, 0.3) is 5.91 Å². The highest BCUT2D eigenvalue weighted by Crippen LogP contribution is 2.34. The van der Waals surface area contributed by atoms with Crippen molar-refractivity contribution in [1.82, 2.24) is 14.9 Å². The first-order valence-electron chi connectivity index (χ1n) is 7.51. The number of benzene rings is 1. The Morgan fingerprint density at radius 1 is 1.20 bits per heavy atom. The third-order valence-corrected chi connectivity index (χ3v) is 3.82. The lowest BCUT2D eigenvalue weighted by molar-refractivity contribution is -0.137. The molecule has 0 saturated heterocycles. The number of hydrogen-bond donors (Lipinski definition) is 1. The monoisotopic (exact) mass is 372 g/mol. The fraction of sp³-hybridized carbons (Fsp3) is 0.312. The van der Waals surface area contributed by atoms with Gasteiger partial charge in [0, 0.05) is 19.2 Å². The summed E-state index contributed by atoms with van der Waals surface area (Å²) in [6, 6.07) is 4.30. The summed E-state index contributed by atoms with van der Waals surface area (Å²) < 4.78 is 38.5. The predicted molar refractivity (Wildman–Crippen MR) is 89.0 cm³/mol. The molecule has 2 aromatic rings. The molecular formula is C16H16ClF3N4O. The average Bonchev–Trinajstić information content (AvgIpc) is 2.57. The molecule has 0 radical (unpaired) electrons. The Morgan fingerprint density at radius 3 is 2.48 bits per heavy atom. The number of nitrogens with zero attached hydrogens (tertiary/aromatic N) is 3. The number of carbonyl (C=O) groups is 1. The molecule has 0 aliphatic heterocycles. The largest absolute Gasteiger partial charge is 0.416 e. The van der Waals surface area contributed by atoms with Crippen LogP contribution in [0.3, 0.4) is 0 Å². The Hall–Kier alpha value is -2.35. The molecule has 9 heteroatoms. The van der Waals surface area contributed by atoms with Gasteiger partial charge in [0.05, 0.1) is 16.3 Å². The molecule has 0 saturated carbocycles. The molecule has 0 bridgehead atoms. The lowest BCUT2D eigenvalue weighted by Gasteiger charge is -2.18. The quantitative estimate of drug-likeness (QED) is 0.846. The Labute approximate surface area is 147 Å². The van der Waals surface area contributed by atoms with Gasteiger partial charge >= 0.3 is 6.18 Å². The minimum atomic E-state index is -4.49. The summed E-state index contributed by atoms with van der Waals surface area (Å²) in [5.41, 5.74) is -0.659. The fourth-order valence-electron chi connectivity index (χ4n) is 2.15. The molecule has 0 aliphatic carbocycles. The summed E-state index contributed by atoms with van der Waals surface area (Å²) in [5, 5.41) is 2.80. The van der Waals surface area contributed by atoms with E-state index in [0.717, 1.165) is 18.2 Å². The van der Waals surface area contributed by atoms with Gasteiger partial charge in [-0.05, 0) is 32.0 Å². The fourth-order valence-corrected chi connectivity index (χ4v) is 2.32. The van der Waals surface area contributed by atoms with E-state index < -0.39 is 11.7 Å². The summed E-state index contributed by atoms with van der Waals surface area (Å²) in [7, 11) is 0. The van der Waals surface area contributed by atoms with E-state index in [9.17, 15) is 18.0 Å². The molecule has 25 heavy (non-hydrogen) atoms. The van der Waals surface area contributed by atoms with Crippen molar-refractivity contribution < 1.29 is 18.0 Å². The van der Waals surface area contributed by atoms with Crippen LogP contribution >= 0.6 is 11.6 Å². The van der Waals surface area contributed by atoms with E-state index in [-0.39, 0.29) is 28.1 Å².